The Kier molecular flexibility index (Phi) is 39.5. The molecule has 0 saturated carbocycles. The number of nitrogens with one attached hydrogen (secondary N) is 6. The summed E-state index contributed by atoms with van der Waals surface area (Å²) in [6.45, 7) is 6.18. The third-order valence-corrected chi connectivity index (χ3v) is 17.1. The molecule has 5 rings (SSSR count). The molecule has 33 nitrogen and oxygen atoms in total. The number of aryl methyl sites for hydroxylation is 1. The number of unbranched alkanes of at least 4 members (excludes halogenated alkanes) is 2. The Morgan fingerprint density at radius 1 is 0.553 bits per heavy atom. The van der Waals surface area contributed by atoms with Crippen LogP contribution < -0.4 is 36.6 Å². The summed E-state index contributed by atoms with van der Waals surface area (Å²) in [5.41, 5.74) is 3.09. The van der Waals surface area contributed by atoms with Crippen molar-refractivity contribution in [3.63, 3.8) is 0 Å². The fourth-order valence-corrected chi connectivity index (χ4v) is 11.7. The first-order valence-electron chi connectivity index (χ1n) is 35.4. The highest BCUT2D eigenvalue weighted by Crippen LogP contribution is 2.23. The number of likely N-dealkylation sites (tertiary alicyclic amines) is 1. The van der Waals surface area contributed by atoms with Crippen molar-refractivity contribution in [1.29, 1.82) is 0 Å². The molecule has 2 aliphatic heterocycles. The number of hydrogen-bond donors (Lipinski definition) is 12. The molecule has 103 heavy (non-hydrogen) atoms. The zero-order valence-corrected chi connectivity index (χ0v) is 59.2. The molecule has 0 bridgehead atoms. The van der Waals surface area contributed by atoms with Gasteiger partial charge in [0.2, 0.25) is 29.5 Å². The van der Waals surface area contributed by atoms with Crippen molar-refractivity contribution in [2.24, 2.45) is 5.92 Å². The number of carboxylic acids is 4. The van der Waals surface area contributed by atoms with Gasteiger partial charge in [-0.05, 0) is 106 Å². The molecular formula is C69H105BN12O21. The number of aliphatic carboxylic acids is 4. The number of benzene rings is 2. The van der Waals surface area contributed by atoms with Crippen LogP contribution in [0.2, 0.25) is 0 Å². The molecule has 3 heterocycles. The number of hydrogen-bond acceptors (Lipinski definition) is 22. The number of amides is 7. The molecule has 2 fully saturated rings. The molecule has 570 valence electrons. The lowest BCUT2D eigenvalue weighted by atomic mass is 9.78. The second-order valence-electron chi connectivity index (χ2n) is 25.9. The van der Waals surface area contributed by atoms with Gasteiger partial charge in [-0.3, -0.25) is 72.5 Å². The Balaban J connectivity index is 1.02. The molecule has 2 aliphatic rings. The van der Waals surface area contributed by atoms with E-state index in [0.29, 0.717) is 87.0 Å². The molecule has 0 unspecified atom stereocenters. The smallest absolute Gasteiger partial charge is 0.475 e. The van der Waals surface area contributed by atoms with E-state index in [1.54, 1.807) is 37.8 Å². The van der Waals surface area contributed by atoms with E-state index in [-0.39, 0.29) is 181 Å². The standard InChI is InChI=1S/C69H105BN12O21/c1-49(2)41-51-16-14-50(15-17-51)9-7-13-59(83)72-22-6-4-11-56(69(96)97)77-68(95)55(10-3-5-23-73-61(85)44-78-27-29-79(45-64(88)89)31-33-81(47-66(92)93)34-32-80(30-28-78)46-65(90)91)76-60(84)21-35-100-37-39-102-40-38-101-36-25-74-62(86)48-103-52-18-19-53-54(20-24-71-57(53)42-52)67(94)75-43-63(87)82-26-8-12-58(82)70(98)99/h14-20,24,42,49,55-56,58,98-99H,3-13,21-23,25-41,43-48H2,1-2H3,(H,72,83)(H,73,85)(H,74,86)(H,75,94)(H,76,84)(H,77,95)(H,88,89)(H,90,91)(H,92,93)(H,96,97)/t55-,56-,58-/m0/s1. The number of carbonyl (C=O) groups excluding carboxylic acids is 7. The molecule has 3 aromatic rings. The molecular weight excluding hydrogens is 1340 g/mol. The van der Waals surface area contributed by atoms with E-state index in [1.165, 1.54) is 22.7 Å². The SMILES string of the molecule is CC(C)Cc1ccc(CCCC(=O)NCCCC[C@H](NC(=O)[C@H](CCCCNC(=O)CN2CCN(CC(=O)O)CCN(CC(=O)O)CCN(CC(=O)O)CC2)NC(=O)CCOCCOCCOCCNC(=O)COc2ccc3c(C(=O)NCC(=O)N4CCC[C@H]4B(O)O)ccnc3c2)C(=O)O)cc1. The van der Waals surface area contributed by atoms with Gasteiger partial charge >= 0.3 is 31.0 Å². The number of fused-ring (bicyclic) bond motifs is 1. The Bertz CT molecular complexity index is 3160. The Hall–Kier alpha value is -8.48. The summed E-state index contributed by atoms with van der Waals surface area (Å²) in [6, 6.07) is 12.2. The highest BCUT2D eigenvalue weighted by Gasteiger charge is 2.37. The minimum absolute atomic E-state index is 0.0453. The van der Waals surface area contributed by atoms with Gasteiger partial charge in [-0.1, -0.05) is 38.1 Å². The molecule has 2 saturated heterocycles. The first kappa shape index (κ1) is 85.2. The highest BCUT2D eigenvalue weighted by atomic mass is 16.5. The summed E-state index contributed by atoms with van der Waals surface area (Å²) in [4.78, 5) is 151. The van der Waals surface area contributed by atoms with Gasteiger partial charge < -0.3 is 86.2 Å². The van der Waals surface area contributed by atoms with Gasteiger partial charge in [-0.15, -0.1) is 0 Å². The largest absolute Gasteiger partial charge is 0.484 e. The van der Waals surface area contributed by atoms with Crippen LogP contribution >= 0.6 is 0 Å². The molecule has 2 aromatic carbocycles. The van der Waals surface area contributed by atoms with Crippen molar-refractivity contribution >= 4 is 83.2 Å². The average molecular weight is 1450 g/mol. The van der Waals surface area contributed by atoms with Gasteiger partial charge in [0.25, 0.3) is 11.8 Å². The number of carboxylic acid groups (broad SMARTS) is 4. The maximum atomic E-state index is 13.8. The number of ether oxygens (including phenoxy) is 4. The highest BCUT2D eigenvalue weighted by molar-refractivity contribution is 6.43. The quantitative estimate of drug-likeness (QED) is 0.0244. The number of rotatable bonds is 47. The molecule has 0 aliphatic carbocycles. The first-order chi connectivity index (χ1) is 49.4. The molecule has 12 N–H and O–H groups in total. The van der Waals surface area contributed by atoms with E-state index in [2.05, 4.69) is 75.0 Å². The van der Waals surface area contributed by atoms with Gasteiger partial charge in [0.05, 0.1) is 89.4 Å². The lowest BCUT2D eigenvalue weighted by Gasteiger charge is -2.32. The lowest BCUT2D eigenvalue weighted by molar-refractivity contribution is -0.142. The molecule has 0 radical (unpaired) electrons. The van der Waals surface area contributed by atoms with E-state index < -0.39 is 78.6 Å². The van der Waals surface area contributed by atoms with E-state index in [4.69, 9.17) is 18.9 Å². The van der Waals surface area contributed by atoms with E-state index in [9.17, 15) is 83.2 Å². The normalized spacial score (nSPS) is 15.6. The Labute approximate surface area is 600 Å². The fourth-order valence-electron chi connectivity index (χ4n) is 11.7. The van der Waals surface area contributed by atoms with Gasteiger partial charge in [0, 0.05) is 109 Å². The van der Waals surface area contributed by atoms with Crippen molar-refractivity contribution in [1.82, 2.24) is 61.4 Å². The van der Waals surface area contributed by atoms with Gasteiger partial charge in [0.15, 0.2) is 6.61 Å². The van der Waals surface area contributed by atoms with Crippen LogP contribution in [0.1, 0.15) is 106 Å². The van der Waals surface area contributed by atoms with Gasteiger partial charge in [0.1, 0.15) is 17.8 Å². The minimum Gasteiger partial charge on any atom is -0.484 e. The monoisotopic (exact) mass is 1450 g/mol. The zero-order valence-electron chi connectivity index (χ0n) is 59.2. The first-order valence-corrected chi connectivity index (χ1v) is 35.4. The molecule has 0 spiro atoms. The zero-order chi connectivity index (χ0) is 74.9. The van der Waals surface area contributed by atoms with Crippen molar-refractivity contribution in [2.75, 3.05) is 158 Å². The minimum atomic E-state index is -1.67. The van der Waals surface area contributed by atoms with E-state index in [1.807, 2.05) is 0 Å². The van der Waals surface area contributed by atoms with E-state index >= 15 is 0 Å². The summed E-state index contributed by atoms with van der Waals surface area (Å²) in [6.07, 6.45) is 6.65. The second-order valence-corrected chi connectivity index (χ2v) is 25.9. The Morgan fingerprint density at radius 2 is 1.10 bits per heavy atom. The summed E-state index contributed by atoms with van der Waals surface area (Å²) in [5, 5.41) is 74.8. The summed E-state index contributed by atoms with van der Waals surface area (Å²) >= 11 is 0. The predicted octanol–water partition coefficient (Wildman–Crippen LogP) is -0.774. The van der Waals surface area contributed by atoms with Crippen molar-refractivity contribution < 1.29 is 102 Å². The molecule has 3 atom stereocenters. The van der Waals surface area contributed by atoms with Crippen LogP contribution in [0.25, 0.3) is 10.9 Å². The Morgan fingerprint density at radius 3 is 1.67 bits per heavy atom. The topological polar surface area (TPSA) is 447 Å². The maximum Gasteiger partial charge on any atom is 0.475 e. The number of aromatic nitrogens is 1. The summed E-state index contributed by atoms with van der Waals surface area (Å²) in [5.74, 6) is -7.52. The van der Waals surface area contributed by atoms with Crippen LogP contribution in [0, 0.1) is 5.92 Å². The number of carbonyl (C=O) groups is 11. The molecule has 34 heteroatoms. The van der Waals surface area contributed by atoms with Crippen LogP contribution in [0.3, 0.4) is 0 Å². The summed E-state index contributed by atoms with van der Waals surface area (Å²) < 4.78 is 22.4. The third-order valence-electron chi connectivity index (χ3n) is 17.1. The van der Waals surface area contributed by atoms with Gasteiger partial charge in [-0.2, -0.15) is 0 Å². The maximum absolute atomic E-state index is 13.8. The number of nitrogens with zero attached hydrogens (tertiary/aromatic N) is 6. The van der Waals surface area contributed by atoms with Gasteiger partial charge in [-0.25, -0.2) is 4.79 Å². The number of pyridine rings is 1. The van der Waals surface area contributed by atoms with E-state index in [0.717, 1.165) is 18.4 Å². The van der Waals surface area contributed by atoms with Crippen LogP contribution in [0.4, 0.5) is 0 Å². The van der Waals surface area contributed by atoms with Crippen LogP contribution in [0.5, 0.6) is 5.75 Å². The van der Waals surface area contributed by atoms with Crippen molar-refractivity contribution in [2.45, 2.75) is 115 Å². The van der Waals surface area contributed by atoms with Crippen LogP contribution in [0.15, 0.2) is 54.7 Å². The van der Waals surface area contributed by atoms with Crippen LogP contribution in [-0.2, 0) is 75.0 Å². The third kappa shape index (κ3) is 35.0. The average Bonchev–Trinajstić information content (AvgIpc) is 1.50. The fraction of sp³-hybridized carbons (Fsp3) is 0.623. The van der Waals surface area contributed by atoms with Crippen molar-refractivity contribution in [3.8, 4) is 5.75 Å². The summed E-state index contributed by atoms with van der Waals surface area (Å²) in [7, 11) is -1.67. The molecule has 7 amide bonds. The second kappa shape index (κ2) is 47.7. The van der Waals surface area contributed by atoms with Crippen LogP contribution in [-0.4, -0.2) is 308 Å². The predicted molar refractivity (Wildman–Crippen MR) is 376 cm³/mol. The lowest BCUT2D eigenvalue weighted by Crippen LogP contribution is -2.51. The molecule has 1 aromatic heterocycles. The van der Waals surface area contributed by atoms with Crippen molar-refractivity contribution in [3.05, 3.63) is 71.4 Å².